The average Bonchev–Trinajstić information content (AvgIpc) is 2.49. The highest BCUT2D eigenvalue weighted by atomic mass is 35.5. The molecule has 1 fully saturated rings. The first-order valence-corrected chi connectivity index (χ1v) is 4.08. The van der Waals surface area contributed by atoms with Crippen molar-refractivity contribution in [2.75, 3.05) is 0 Å². The van der Waals surface area contributed by atoms with E-state index in [0.29, 0.717) is 6.42 Å². The Labute approximate surface area is 74.5 Å². The molecule has 5 heteroatoms. The first-order chi connectivity index (χ1) is 5.64. The minimum Gasteiger partial charge on any atom is -0.298 e. The summed E-state index contributed by atoms with van der Waals surface area (Å²) in [5.74, 6) is 0.00432. The van der Waals surface area contributed by atoms with E-state index in [1.807, 2.05) is 0 Å². The van der Waals surface area contributed by atoms with Crippen LogP contribution in [0.5, 0.6) is 0 Å². The predicted molar refractivity (Wildman–Crippen MR) is 42.9 cm³/mol. The van der Waals surface area contributed by atoms with E-state index in [4.69, 9.17) is 11.6 Å². The second kappa shape index (κ2) is 2.29. The molecule has 0 N–H and O–H groups in total. The van der Waals surface area contributed by atoms with Crippen molar-refractivity contribution in [2.24, 2.45) is 0 Å². The van der Waals surface area contributed by atoms with Crippen LogP contribution in [0.1, 0.15) is 19.4 Å². The van der Waals surface area contributed by atoms with Crippen LogP contribution in [0.25, 0.3) is 0 Å². The summed E-state index contributed by atoms with van der Waals surface area (Å²) in [6.45, 7) is 1.50. The van der Waals surface area contributed by atoms with E-state index in [2.05, 4.69) is 10.3 Å². The number of nitrogens with zero attached hydrogens (tertiary/aromatic N) is 3. The van der Waals surface area contributed by atoms with E-state index >= 15 is 0 Å². The van der Waals surface area contributed by atoms with E-state index in [-0.39, 0.29) is 11.8 Å². The molecule has 1 aliphatic carbocycles. The molecule has 64 valence electrons. The first-order valence-electron chi connectivity index (χ1n) is 3.70. The van der Waals surface area contributed by atoms with E-state index in [1.54, 1.807) is 17.1 Å². The minimum absolute atomic E-state index is 0.000772. The summed E-state index contributed by atoms with van der Waals surface area (Å²) in [4.78, 5) is 10.3. The number of halogens is 1. The van der Waals surface area contributed by atoms with Crippen molar-refractivity contribution < 1.29 is 4.79 Å². The van der Waals surface area contributed by atoms with E-state index in [0.717, 1.165) is 0 Å². The summed E-state index contributed by atoms with van der Waals surface area (Å²) in [5.41, 5.74) is 0. The average molecular weight is 186 g/mol. The molecule has 1 saturated carbocycles. The summed E-state index contributed by atoms with van der Waals surface area (Å²) in [7, 11) is 0. The molecule has 0 amide bonds. The van der Waals surface area contributed by atoms with Crippen LogP contribution >= 0.6 is 11.6 Å². The monoisotopic (exact) mass is 185 g/mol. The standard InChI is InChI=1S/C7H8ClN3O/c1-5(12)7(8)4-6(7)11-3-2-9-10-11/h2-3,6H,4H2,1H3. The number of hydrogen-bond donors (Lipinski definition) is 0. The van der Waals surface area contributed by atoms with E-state index in [1.165, 1.54) is 6.92 Å². The Morgan fingerprint density at radius 3 is 3.00 bits per heavy atom. The van der Waals surface area contributed by atoms with Gasteiger partial charge >= 0.3 is 0 Å². The van der Waals surface area contributed by atoms with Gasteiger partial charge in [0.15, 0.2) is 5.78 Å². The highest BCUT2D eigenvalue weighted by molar-refractivity contribution is 6.37. The lowest BCUT2D eigenvalue weighted by molar-refractivity contribution is -0.117. The smallest absolute Gasteiger partial charge is 0.152 e. The van der Waals surface area contributed by atoms with Crippen LogP contribution in [0.3, 0.4) is 0 Å². The third-order valence-electron chi connectivity index (χ3n) is 2.20. The molecule has 0 radical (unpaired) electrons. The molecule has 0 saturated heterocycles. The van der Waals surface area contributed by atoms with Crippen molar-refractivity contribution in [3.8, 4) is 0 Å². The van der Waals surface area contributed by atoms with Gasteiger partial charge in [0.05, 0.1) is 12.2 Å². The van der Waals surface area contributed by atoms with Crippen molar-refractivity contribution in [3.63, 3.8) is 0 Å². The molecule has 1 aromatic heterocycles. The molecule has 0 bridgehead atoms. The van der Waals surface area contributed by atoms with Crippen LogP contribution in [0, 0.1) is 0 Å². The van der Waals surface area contributed by atoms with Gasteiger partial charge in [0, 0.05) is 12.6 Å². The Morgan fingerprint density at radius 1 is 1.83 bits per heavy atom. The van der Waals surface area contributed by atoms with Crippen molar-refractivity contribution in [2.45, 2.75) is 24.3 Å². The van der Waals surface area contributed by atoms with Crippen molar-refractivity contribution in [1.29, 1.82) is 0 Å². The highest BCUT2D eigenvalue weighted by Crippen LogP contribution is 2.53. The summed E-state index contributed by atoms with van der Waals surface area (Å²) in [5, 5.41) is 7.44. The lowest BCUT2D eigenvalue weighted by Gasteiger charge is -2.02. The number of hydrogen-bond acceptors (Lipinski definition) is 3. The molecule has 12 heavy (non-hydrogen) atoms. The molecule has 2 unspecified atom stereocenters. The zero-order chi connectivity index (χ0) is 8.77. The van der Waals surface area contributed by atoms with Gasteiger partial charge in [-0.3, -0.25) is 4.79 Å². The largest absolute Gasteiger partial charge is 0.298 e. The number of ketones is 1. The molecule has 2 rings (SSSR count). The van der Waals surface area contributed by atoms with E-state index < -0.39 is 4.87 Å². The quantitative estimate of drug-likeness (QED) is 0.640. The van der Waals surface area contributed by atoms with Gasteiger partial charge in [-0.05, 0) is 6.92 Å². The van der Waals surface area contributed by atoms with Crippen LogP contribution in [0.2, 0.25) is 0 Å². The van der Waals surface area contributed by atoms with Gasteiger partial charge in [0.25, 0.3) is 0 Å². The number of Topliss-reactive ketones (excluding diaryl/α,β-unsaturated/α-hetero) is 1. The Morgan fingerprint density at radius 2 is 2.58 bits per heavy atom. The van der Waals surface area contributed by atoms with Crippen LogP contribution in [0.15, 0.2) is 12.4 Å². The lowest BCUT2D eigenvalue weighted by atomic mass is 10.3. The zero-order valence-corrected chi connectivity index (χ0v) is 7.32. The van der Waals surface area contributed by atoms with Crippen LogP contribution in [0.4, 0.5) is 0 Å². The number of rotatable bonds is 2. The molecular formula is C7H8ClN3O. The van der Waals surface area contributed by atoms with Gasteiger partial charge in [-0.1, -0.05) is 5.21 Å². The van der Waals surface area contributed by atoms with Gasteiger partial charge in [-0.25, -0.2) is 4.68 Å². The molecule has 1 aromatic rings. The second-order valence-electron chi connectivity index (χ2n) is 3.02. The summed E-state index contributed by atoms with van der Waals surface area (Å²) in [6.07, 6.45) is 3.96. The molecular weight excluding hydrogens is 178 g/mol. The normalized spacial score (nSPS) is 33.3. The summed E-state index contributed by atoms with van der Waals surface area (Å²) >= 11 is 6.00. The van der Waals surface area contributed by atoms with Gasteiger partial charge in [-0.15, -0.1) is 16.7 Å². The fourth-order valence-electron chi connectivity index (χ4n) is 1.29. The van der Waals surface area contributed by atoms with Gasteiger partial charge in [0.2, 0.25) is 0 Å². The molecule has 4 nitrogen and oxygen atoms in total. The second-order valence-corrected chi connectivity index (χ2v) is 3.70. The molecule has 0 aliphatic heterocycles. The Bertz CT molecular complexity index is 310. The number of carbonyl (C=O) groups excluding carboxylic acids is 1. The third kappa shape index (κ3) is 0.948. The maximum atomic E-state index is 11.0. The zero-order valence-electron chi connectivity index (χ0n) is 6.57. The lowest BCUT2D eigenvalue weighted by Crippen LogP contribution is -2.16. The van der Waals surface area contributed by atoms with Gasteiger partial charge < -0.3 is 0 Å². The Hall–Kier alpha value is -0.900. The molecule has 0 spiro atoms. The maximum Gasteiger partial charge on any atom is 0.152 e. The Kier molecular flexibility index (Phi) is 1.48. The van der Waals surface area contributed by atoms with Crippen molar-refractivity contribution in [3.05, 3.63) is 12.4 Å². The molecule has 2 atom stereocenters. The number of alkyl halides is 1. The minimum atomic E-state index is -0.715. The first kappa shape index (κ1) is 7.73. The predicted octanol–water partition coefficient (Wildman–Crippen LogP) is 0.789. The molecule has 0 aromatic carbocycles. The Balaban J connectivity index is 2.19. The van der Waals surface area contributed by atoms with Crippen LogP contribution in [-0.2, 0) is 4.79 Å². The third-order valence-corrected chi connectivity index (χ3v) is 2.88. The SMILES string of the molecule is CC(=O)C1(Cl)CC1n1ccnn1. The molecule has 1 heterocycles. The molecule has 1 aliphatic rings. The summed E-state index contributed by atoms with van der Waals surface area (Å²) in [6, 6.07) is -0.000772. The number of carbonyl (C=O) groups is 1. The van der Waals surface area contributed by atoms with E-state index in [9.17, 15) is 4.79 Å². The van der Waals surface area contributed by atoms with Crippen molar-refractivity contribution >= 4 is 17.4 Å². The highest BCUT2D eigenvalue weighted by Gasteiger charge is 2.58. The summed E-state index contributed by atoms with van der Waals surface area (Å²) < 4.78 is 1.63. The van der Waals surface area contributed by atoms with Crippen LogP contribution in [-0.4, -0.2) is 25.7 Å². The van der Waals surface area contributed by atoms with Gasteiger partial charge in [0.1, 0.15) is 4.87 Å². The van der Waals surface area contributed by atoms with Gasteiger partial charge in [-0.2, -0.15) is 0 Å². The number of aromatic nitrogens is 3. The fraction of sp³-hybridized carbons (Fsp3) is 0.571. The fourth-order valence-corrected chi connectivity index (χ4v) is 1.53. The maximum absolute atomic E-state index is 11.0. The topological polar surface area (TPSA) is 47.8 Å². The van der Waals surface area contributed by atoms with Crippen molar-refractivity contribution in [1.82, 2.24) is 15.0 Å². The van der Waals surface area contributed by atoms with Crippen LogP contribution < -0.4 is 0 Å².